The summed E-state index contributed by atoms with van der Waals surface area (Å²) in [5, 5.41) is 1.77. The van der Waals surface area contributed by atoms with Gasteiger partial charge in [-0.25, -0.2) is 4.98 Å². The molecule has 2 aromatic carbocycles. The van der Waals surface area contributed by atoms with Crippen LogP contribution in [0, 0.1) is 0 Å². The molecule has 4 rings (SSSR count). The molecule has 0 atom stereocenters. The maximum Gasteiger partial charge on any atom is 0.263 e. The predicted molar refractivity (Wildman–Crippen MR) is 122 cm³/mol. The van der Waals surface area contributed by atoms with Crippen LogP contribution in [0.4, 0.5) is 0 Å². The average molecular weight is 494 g/mol. The van der Waals surface area contributed by atoms with Crippen molar-refractivity contribution in [3.63, 3.8) is 0 Å². The molecule has 2 aromatic heterocycles. The van der Waals surface area contributed by atoms with Crippen molar-refractivity contribution in [3.05, 3.63) is 84.1 Å². The molecule has 2 heterocycles. The molecule has 0 spiro atoms. The van der Waals surface area contributed by atoms with Gasteiger partial charge in [0.05, 0.1) is 18.3 Å². The number of aromatic nitrogens is 2. The van der Waals surface area contributed by atoms with E-state index in [-0.39, 0.29) is 5.56 Å². The molecule has 142 valence electrons. The number of halogens is 3. The van der Waals surface area contributed by atoms with Crippen molar-refractivity contribution in [2.75, 3.05) is 0 Å². The summed E-state index contributed by atoms with van der Waals surface area (Å²) >= 11 is 17.3. The molecule has 7 heteroatoms. The van der Waals surface area contributed by atoms with Crippen molar-refractivity contribution < 1.29 is 0 Å². The highest BCUT2D eigenvalue weighted by Gasteiger charge is 2.18. The predicted octanol–water partition coefficient (Wildman–Crippen LogP) is 6.81. The quantitative estimate of drug-likeness (QED) is 0.313. The first-order valence-electron chi connectivity index (χ1n) is 8.68. The third kappa shape index (κ3) is 3.64. The fourth-order valence-electron chi connectivity index (χ4n) is 3.19. The van der Waals surface area contributed by atoms with Gasteiger partial charge in [0, 0.05) is 25.0 Å². The number of benzene rings is 2. The summed E-state index contributed by atoms with van der Waals surface area (Å²) in [5.41, 5.74) is 2.76. The molecule has 0 saturated carbocycles. The Balaban J connectivity index is 1.89. The van der Waals surface area contributed by atoms with Gasteiger partial charge in [-0.15, -0.1) is 11.3 Å². The lowest BCUT2D eigenvalue weighted by molar-refractivity contribution is 0.749. The zero-order valence-corrected chi connectivity index (χ0v) is 18.8. The van der Waals surface area contributed by atoms with Crippen molar-refractivity contribution in [2.45, 2.75) is 19.9 Å². The Hall–Kier alpha value is -1.66. The van der Waals surface area contributed by atoms with Gasteiger partial charge in [0.25, 0.3) is 5.56 Å². The van der Waals surface area contributed by atoms with Crippen molar-refractivity contribution in [1.29, 1.82) is 0 Å². The van der Waals surface area contributed by atoms with Crippen molar-refractivity contribution in [2.24, 2.45) is 0 Å². The minimum atomic E-state index is -0.0649. The van der Waals surface area contributed by atoms with Crippen LogP contribution in [0.2, 0.25) is 10.0 Å². The zero-order chi connectivity index (χ0) is 19.8. The second-order valence-electron chi connectivity index (χ2n) is 6.35. The second kappa shape index (κ2) is 7.99. The van der Waals surface area contributed by atoms with Gasteiger partial charge >= 0.3 is 0 Å². The Morgan fingerprint density at radius 3 is 2.57 bits per heavy atom. The lowest BCUT2D eigenvalue weighted by Crippen LogP contribution is -2.21. The van der Waals surface area contributed by atoms with Gasteiger partial charge in [-0.05, 0) is 41.8 Å². The van der Waals surface area contributed by atoms with Crippen LogP contribution >= 0.6 is 50.5 Å². The highest BCUT2D eigenvalue weighted by molar-refractivity contribution is 9.10. The molecule has 0 bridgehead atoms. The Morgan fingerprint density at radius 2 is 1.89 bits per heavy atom. The van der Waals surface area contributed by atoms with Crippen LogP contribution in [0.5, 0.6) is 0 Å². The van der Waals surface area contributed by atoms with Crippen molar-refractivity contribution in [1.82, 2.24) is 9.55 Å². The number of aryl methyl sites for hydroxylation is 1. The molecule has 0 aliphatic heterocycles. The lowest BCUT2D eigenvalue weighted by atomic mass is 10.0. The van der Waals surface area contributed by atoms with Gasteiger partial charge in [0.15, 0.2) is 0 Å². The van der Waals surface area contributed by atoms with E-state index in [0.29, 0.717) is 22.0 Å². The van der Waals surface area contributed by atoms with Gasteiger partial charge in [-0.2, -0.15) is 0 Å². The summed E-state index contributed by atoms with van der Waals surface area (Å²) in [4.78, 5) is 19.8. The first-order chi connectivity index (χ1) is 13.5. The zero-order valence-electron chi connectivity index (χ0n) is 14.9. The van der Waals surface area contributed by atoms with E-state index in [0.717, 1.165) is 37.3 Å². The maximum absolute atomic E-state index is 13.4. The minimum Gasteiger partial charge on any atom is -0.294 e. The summed E-state index contributed by atoms with van der Waals surface area (Å²) in [6.07, 6.45) is 2.44. The van der Waals surface area contributed by atoms with E-state index in [1.165, 1.54) is 0 Å². The van der Waals surface area contributed by atoms with E-state index >= 15 is 0 Å². The Morgan fingerprint density at radius 1 is 1.14 bits per heavy atom. The molecule has 28 heavy (non-hydrogen) atoms. The van der Waals surface area contributed by atoms with Crippen LogP contribution in [0.15, 0.2) is 58.1 Å². The van der Waals surface area contributed by atoms with Crippen LogP contribution in [-0.4, -0.2) is 9.55 Å². The molecule has 0 aliphatic carbocycles. The number of hydrogen-bond donors (Lipinski definition) is 0. The van der Waals surface area contributed by atoms with Gasteiger partial charge in [0.2, 0.25) is 0 Å². The molecule has 0 radical (unpaired) electrons. The fraction of sp³-hybridized carbons (Fsp3) is 0.143. The van der Waals surface area contributed by atoms with Crippen LogP contribution in [0.1, 0.15) is 17.4 Å². The summed E-state index contributed by atoms with van der Waals surface area (Å²) in [6.45, 7) is 2.44. The molecule has 0 aliphatic rings. The van der Waals surface area contributed by atoms with Gasteiger partial charge in [-0.1, -0.05) is 64.3 Å². The van der Waals surface area contributed by atoms with E-state index in [4.69, 9.17) is 23.2 Å². The molecule has 3 nitrogen and oxygen atoms in total. The van der Waals surface area contributed by atoms with Crippen LogP contribution in [0.25, 0.3) is 21.3 Å². The van der Waals surface area contributed by atoms with E-state index in [1.807, 2.05) is 30.3 Å². The Kier molecular flexibility index (Phi) is 5.61. The standard InChI is InChI=1S/C21H15BrCl2N2OS/c1-2-17-18(12-3-6-14(22)7-4-12)19-20(28-17)25-11-26(21(19)27)10-13-5-8-15(23)9-16(13)24/h3-9,11H,2,10H2,1H3. The monoisotopic (exact) mass is 492 g/mol. The number of fused-ring (bicyclic) bond motifs is 1. The van der Waals surface area contributed by atoms with Crippen LogP contribution in [-0.2, 0) is 13.0 Å². The molecule has 0 fully saturated rings. The average Bonchev–Trinajstić information content (AvgIpc) is 3.06. The summed E-state index contributed by atoms with van der Waals surface area (Å²) in [7, 11) is 0. The Labute approximate surface area is 184 Å². The topological polar surface area (TPSA) is 34.9 Å². The third-order valence-electron chi connectivity index (χ3n) is 4.56. The molecular weight excluding hydrogens is 479 g/mol. The summed E-state index contributed by atoms with van der Waals surface area (Å²) < 4.78 is 2.60. The molecular formula is C21H15BrCl2N2OS. The fourth-order valence-corrected chi connectivity index (χ4v) is 5.01. The number of nitrogens with zero attached hydrogens (tertiary/aromatic N) is 2. The third-order valence-corrected chi connectivity index (χ3v) is 6.92. The van der Waals surface area contributed by atoms with Crippen LogP contribution in [0.3, 0.4) is 0 Å². The van der Waals surface area contributed by atoms with Crippen LogP contribution < -0.4 is 5.56 Å². The van der Waals surface area contributed by atoms with Crippen molar-refractivity contribution >= 4 is 60.7 Å². The highest BCUT2D eigenvalue weighted by Crippen LogP contribution is 2.37. The number of rotatable bonds is 4. The normalized spacial score (nSPS) is 11.3. The van der Waals surface area contributed by atoms with E-state index in [1.54, 1.807) is 34.4 Å². The van der Waals surface area contributed by atoms with E-state index in [2.05, 4.69) is 27.8 Å². The maximum atomic E-state index is 13.4. The summed E-state index contributed by atoms with van der Waals surface area (Å²) in [6, 6.07) is 13.3. The molecule has 0 unspecified atom stereocenters. The Bertz CT molecular complexity index is 1230. The largest absolute Gasteiger partial charge is 0.294 e. The van der Waals surface area contributed by atoms with Crippen molar-refractivity contribution in [3.8, 4) is 11.1 Å². The first-order valence-corrected chi connectivity index (χ1v) is 11.0. The summed E-state index contributed by atoms with van der Waals surface area (Å²) in [5.74, 6) is 0. The molecule has 0 N–H and O–H groups in total. The van der Waals surface area contributed by atoms with Gasteiger partial charge in [0.1, 0.15) is 4.83 Å². The molecule has 0 saturated heterocycles. The number of hydrogen-bond acceptors (Lipinski definition) is 3. The minimum absolute atomic E-state index is 0.0649. The smallest absolute Gasteiger partial charge is 0.263 e. The first kappa shape index (κ1) is 19.6. The van der Waals surface area contributed by atoms with Gasteiger partial charge in [-0.3, -0.25) is 9.36 Å². The van der Waals surface area contributed by atoms with E-state index in [9.17, 15) is 4.79 Å². The lowest BCUT2D eigenvalue weighted by Gasteiger charge is -2.09. The van der Waals surface area contributed by atoms with E-state index < -0.39 is 0 Å². The highest BCUT2D eigenvalue weighted by atomic mass is 79.9. The number of thiophene rings is 1. The SMILES string of the molecule is CCc1sc2ncn(Cc3ccc(Cl)cc3Cl)c(=O)c2c1-c1ccc(Br)cc1. The molecule has 4 aromatic rings. The molecule has 0 amide bonds. The second-order valence-corrected chi connectivity index (χ2v) is 9.20. The van der Waals surface area contributed by atoms with Gasteiger partial charge < -0.3 is 0 Å².